The highest BCUT2D eigenvalue weighted by molar-refractivity contribution is 7.26. The summed E-state index contributed by atoms with van der Waals surface area (Å²) in [6.07, 6.45) is 9.75. The smallest absolute Gasteiger partial charge is 0.197 e. The Balaban J connectivity index is 0.725. The van der Waals surface area contributed by atoms with E-state index in [4.69, 9.17) is 0 Å². The summed E-state index contributed by atoms with van der Waals surface area (Å²) < 4.78 is 15.4. The Morgan fingerprint density at radius 2 is 0.712 bits per heavy atom. The second kappa shape index (κ2) is 21.9. The molecule has 0 saturated carbocycles. The maximum atomic E-state index is 2.69. The Kier molecular flexibility index (Phi) is 12.3. The molecule has 14 aromatic carbocycles. The van der Waals surface area contributed by atoms with Gasteiger partial charge < -0.3 is 9.13 Å². The van der Waals surface area contributed by atoms with Crippen LogP contribution in [0.15, 0.2) is 315 Å². The Labute approximate surface area is 608 Å². The van der Waals surface area contributed by atoms with E-state index in [1.165, 1.54) is 184 Å². The Hall–Kier alpha value is -12.1. The summed E-state index contributed by atoms with van der Waals surface area (Å²) in [6, 6.07) is 111. The first-order chi connectivity index (χ1) is 51.4. The number of benzene rings is 14. The lowest BCUT2D eigenvalue weighted by Crippen LogP contribution is -2.57. The zero-order chi connectivity index (χ0) is 68.3. The van der Waals surface area contributed by atoms with Crippen molar-refractivity contribution in [3.8, 4) is 11.4 Å². The SMILES string of the molecule is Cc1cc(C)c(B(C2c3ccccc3N(n3c4ccccc4c4cc5c(cc43)c3ccccc3n5-c3ccc4sc5ccccc5c4c3)c3ccccc32)C2c3ccccc3N(n3c4ccccc4c4cc5c(cc43)c3ccccc3n5-c3ccc4sc5ccccc5c4c3)C3C=CC=CC23)c(C)c1. The van der Waals surface area contributed by atoms with Crippen LogP contribution < -0.4 is 15.5 Å². The number of aryl methyl sites for hydroxylation is 3. The summed E-state index contributed by atoms with van der Waals surface area (Å²) in [5, 5.41) is 20.3. The molecule has 6 aromatic heterocycles. The number of thiophene rings is 2. The van der Waals surface area contributed by atoms with E-state index < -0.39 is 0 Å². The van der Waals surface area contributed by atoms with Gasteiger partial charge in [0.15, 0.2) is 6.71 Å². The minimum absolute atomic E-state index is 0.0138. The number of allylic oxidation sites excluding steroid dienone is 2. The van der Waals surface area contributed by atoms with Crippen LogP contribution in [0.25, 0.3) is 139 Å². The van der Waals surface area contributed by atoms with E-state index >= 15 is 0 Å². The quantitative estimate of drug-likeness (QED) is 0.149. The van der Waals surface area contributed by atoms with Gasteiger partial charge in [-0.2, -0.15) is 0 Å². The first-order valence-corrected chi connectivity index (χ1v) is 38.1. The van der Waals surface area contributed by atoms with Gasteiger partial charge in [0, 0.05) is 101 Å². The third-order valence-corrected chi connectivity index (χ3v) is 26.0. The molecule has 0 spiro atoms. The second-order valence-electron chi connectivity index (χ2n) is 29.2. The van der Waals surface area contributed by atoms with E-state index in [0.717, 1.165) is 11.0 Å². The standard InChI is InChI=1S/C95H65BN6S2/c1-56-48-57(2)93(58(3)49-56)96(94-67-30-8-18-38-81(67)99(82-39-19-9-31-68(82)94)101-79-36-16-6-26-63(79)73-52-85-71(54-87(73)101)61-24-4-14-34-77(61)97(85)59-44-46-91-75(50-59)65-28-12-22-42-89(65)103-91)95-69-32-10-20-40-83(69)100(84-41-21-11-33-70(84)95)102-80-37-17-7-27-64(80)74-53-86-72(55-88(74)102)62-25-5-15-35-78(62)98(86)60-45-47-92-76(51-60)66-29-13-23-43-90(66)104-92/h4-55,67,81,94-95H,1-3H3. The molecule has 8 heterocycles. The molecule has 3 atom stereocenters. The van der Waals surface area contributed by atoms with Crippen molar-refractivity contribution in [2.24, 2.45) is 5.92 Å². The molecule has 0 bridgehead atoms. The zero-order valence-corrected chi connectivity index (χ0v) is 59.0. The number of hydrogen-bond donors (Lipinski definition) is 0. The molecule has 3 aliphatic rings. The van der Waals surface area contributed by atoms with Crippen LogP contribution in [0.3, 0.4) is 0 Å². The van der Waals surface area contributed by atoms with Gasteiger partial charge in [0.2, 0.25) is 0 Å². The first kappa shape index (κ1) is 58.5. The highest BCUT2D eigenvalue weighted by atomic mass is 32.1. The highest BCUT2D eigenvalue weighted by Crippen LogP contribution is 2.56. The van der Waals surface area contributed by atoms with Crippen molar-refractivity contribution >= 4 is 179 Å². The fraction of sp³-hybridized carbons (Fsp3) is 0.0737. The van der Waals surface area contributed by atoms with Crippen molar-refractivity contribution in [1.29, 1.82) is 0 Å². The molecule has 23 rings (SSSR count). The van der Waals surface area contributed by atoms with Gasteiger partial charge in [0.25, 0.3) is 0 Å². The molecular formula is C95H65BN6S2. The van der Waals surface area contributed by atoms with Gasteiger partial charge in [0.1, 0.15) is 0 Å². The molecule has 0 amide bonds. The zero-order valence-electron chi connectivity index (χ0n) is 57.4. The molecule has 0 N–H and O–H groups in total. The van der Waals surface area contributed by atoms with Gasteiger partial charge in [-0.1, -0.05) is 222 Å². The van der Waals surface area contributed by atoms with Gasteiger partial charge in [0.05, 0.1) is 67.2 Å². The average Bonchev–Trinajstić information content (AvgIpc) is 1.57. The number of rotatable bonds is 7. The minimum Gasteiger partial charge on any atom is -0.309 e. The maximum absolute atomic E-state index is 2.69. The van der Waals surface area contributed by atoms with Crippen molar-refractivity contribution in [1.82, 2.24) is 18.5 Å². The largest absolute Gasteiger partial charge is 0.309 e. The topological polar surface area (TPSA) is 26.2 Å². The van der Waals surface area contributed by atoms with Gasteiger partial charge in [-0.15, -0.1) is 22.7 Å². The van der Waals surface area contributed by atoms with E-state index in [9.17, 15) is 0 Å². The average molecular weight is 1370 g/mol. The summed E-state index contributed by atoms with van der Waals surface area (Å²) in [7, 11) is 0. The Morgan fingerprint density at radius 3 is 1.26 bits per heavy atom. The third kappa shape index (κ3) is 8.11. The number of nitrogens with zero attached hydrogens (tertiary/aromatic N) is 6. The number of hydrogen-bond acceptors (Lipinski definition) is 4. The van der Waals surface area contributed by atoms with Crippen LogP contribution in [0.1, 0.15) is 45.0 Å². The van der Waals surface area contributed by atoms with Crippen molar-refractivity contribution in [2.45, 2.75) is 38.4 Å². The van der Waals surface area contributed by atoms with Crippen LogP contribution in [0, 0.1) is 26.7 Å². The Morgan fingerprint density at radius 1 is 0.308 bits per heavy atom. The summed E-state index contributed by atoms with van der Waals surface area (Å²) in [5.74, 6) is -0.0210. The predicted octanol–water partition coefficient (Wildman–Crippen LogP) is 24.5. The van der Waals surface area contributed by atoms with Crippen LogP contribution in [-0.2, 0) is 0 Å². The van der Waals surface area contributed by atoms with Crippen molar-refractivity contribution < 1.29 is 0 Å². The van der Waals surface area contributed by atoms with E-state index in [1.54, 1.807) is 0 Å². The summed E-state index contributed by atoms with van der Waals surface area (Å²) in [6.45, 7) is 7.02. The van der Waals surface area contributed by atoms with E-state index in [1.807, 2.05) is 22.7 Å². The van der Waals surface area contributed by atoms with Crippen LogP contribution >= 0.6 is 22.7 Å². The molecule has 0 fully saturated rings. The molecule has 0 radical (unpaired) electrons. The number of anilines is 3. The van der Waals surface area contributed by atoms with Gasteiger partial charge >= 0.3 is 0 Å². The molecule has 20 aromatic rings. The molecule has 9 heteroatoms. The van der Waals surface area contributed by atoms with Crippen molar-refractivity contribution in [2.75, 3.05) is 10.0 Å². The lowest BCUT2D eigenvalue weighted by atomic mass is 9.24. The first-order valence-electron chi connectivity index (χ1n) is 36.4. The van der Waals surface area contributed by atoms with Crippen LogP contribution in [-0.4, -0.2) is 31.2 Å². The normalized spacial score (nSPS) is 16.0. The number of fused-ring (bicyclic) bond motifs is 22. The second-order valence-corrected chi connectivity index (χ2v) is 31.4. The lowest BCUT2D eigenvalue weighted by Gasteiger charge is -2.51. The van der Waals surface area contributed by atoms with Gasteiger partial charge in [-0.25, -0.2) is 9.69 Å². The molecule has 0 saturated heterocycles. The molecule has 490 valence electrons. The van der Waals surface area contributed by atoms with Crippen molar-refractivity contribution in [3.05, 3.63) is 349 Å². The lowest BCUT2D eigenvalue weighted by molar-refractivity contribution is 0.457. The minimum atomic E-state index is -0.0724. The fourth-order valence-electron chi connectivity index (χ4n) is 19.8. The van der Waals surface area contributed by atoms with Gasteiger partial charge in [-0.3, -0.25) is 9.69 Å². The highest BCUT2D eigenvalue weighted by Gasteiger charge is 2.52. The molecule has 2 aliphatic heterocycles. The number of para-hydroxylation sites is 7. The van der Waals surface area contributed by atoms with E-state index in [0.29, 0.717) is 0 Å². The molecule has 3 unspecified atom stereocenters. The summed E-state index contributed by atoms with van der Waals surface area (Å²) in [5.41, 5.74) is 24.8. The summed E-state index contributed by atoms with van der Waals surface area (Å²) in [4.78, 5) is 0. The molecule has 104 heavy (non-hydrogen) atoms. The Bertz CT molecular complexity index is 7120. The third-order valence-electron chi connectivity index (χ3n) is 23.7. The monoisotopic (exact) mass is 1360 g/mol. The maximum Gasteiger partial charge on any atom is 0.197 e. The molecule has 6 nitrogen and oxygen atoms in total. The summed E-state index contributed by atoms with van der Waals surface area (Å²) >= 11 is 3.74. The molecule has 1 aliphatic carbocycles. The van der Waals surface area contributed by atoms with Crippen LogP contribution in [0.2, 0.25) is 0 Å². The van der Waals surface area contributed by atoms with E-state index in [2.05, 4.69) is 365 Å². The van der Waals surface area contributed by atoms with Crippen LogP contribution in [0.4, 0.5) is 17.1 Å². The number of aromatic nitrogens is 4. The predicted molar refractivity (Wildman–Crippen MR) is 444 cm³/mol. The fourth-order valence-corrected chi connectivity index (χ4v) is 22.0. The van der Waals surface area contributed by atoms with Crippen molar-refractivity contribution in [3.63, 3.8) is 0 Å². The van der Waals surface area contributed by atoms with Gasteiger partial charge in [-0.05, 0) is 164 Å². The molecular weight excluding hydrogens is 1300 g/mol. The van der Waals surface area contributed by atoms with Crippen LogP contribution in [0.5, 0.6) is 0 Å². The van der Waals surface area contributed by atoms with E-state index in [-0.39, 0.29) is 30.3 Å².